The van der Waals surface area contributed by atoms with E-state index in [1.165, 1.54) is 5.56 Å². The van der Waals surface area contributed by atoms with Crippen LogP contribution in [0.2, 0.25) is 5.02 Å². The van der Waals surface area contributed by atoms with E-state index in [0.717, 1.165) is 29.4 Å². The van der Waals surface area contributed by atoms with Gasteiger partial charge in [0, 0.05) is 31.6 Å². The summed E-state index contributed by atoms with van der Waals surface area (Å²) in [6.45, 7) is 1.36. The van der Waals surface area contributed by atoms with Crippen LogP contribution in [0.25, 0.3) is 0 Å². The van der Waals surface area contributed by atoms with Gasteiger partial charge in [0.1, 0.15) is 0 Å². The smallest absolute Gasteiger partial charge is 0.0762 e. The van der Waals surface area contributed by atoms with Crippen molar-refractivity contribution in [2.24, 2.45) is 12.8 Å². The van der Waals surface area contributed by atoms with Gasteiger partial charge < -0.3 is 11.1 Å². The van der Waals surface area contributed by atoms with Gasteiger partial charge in [0.2, 0.25) is 0 Å². The van der Waals surface area contributed by atoms with Crippen LogP contribution in [0.4, 0.5) is 5.69 Å². The standard InChI is InChI=1S/C13H17ClN4/c1-18-13(12(9-17-18)16-7-6-15)8-10-2-4-11(14)5-3-10/h2-5,9,16H,6-8,15H2,1H3. The molecule has 18 heavy (non-hydrogen) atoms. The van der Waals surface area contributed by atoms with Crippen molar-refractivity contribution in [3.05, 3.63) is 46.7 Å². The topological polar surface area (TPSA) is 55.9 Å². The number of nitrogens with zero attached hydrogens (tertiary/aromatic N) is 2. The van der Waals surface area contributed by atoms with E-state index < -0.39 is 0 Å². The lowest BCUT2D eigenvalue weighted by atomic mass is 10.1. The van der Waals surface area contributed by atoms with E-state index in [0.29, 0.717) is 6.54 Å². The first-order valence-corrected chi connectivity index (χ1v) is 6.27. The summed E-state index contributed by atoms with van der Waals surface area (Å²) in [5, 5.41) is 8.31. The number of aromatic nitrogens is 2. The van der Waals surface area contributed by atoms with Crippen LogP contribution < -0.4 is 11.1 Å². The van der Waals surface area contributed by atoms with Crippen LogP contribution in [0.15, 0.2) is 30.5 Å². The first kappa shape index (κ1) is 12.9. The van der Waals surface area contributed by atoms with Gasteiger partial charge in [-0.15, -0.1) is 0 Å². The van der Waals surface area contributed by atoms with Gasteiger partial charge in [0.25, 0.3) is 0 Å². The van der Waals surface area contributed by atoms with E-state index in [2.05, 4.69) is 10.4 Å². The van der Waals surface area contributed by atoms with Crippen molar-refractivity contribution >= 4 is 17.3 Å². The highest BCUT2D eigenvalue weighted by Crippen LogP contribution is 2.19. The second-order valence-electron chi connectivity index (χ2n) is 4.15. The molecule has 0 spiro atoms. The predicted octanol–water partition coefficient (Wildman–Crippen LogP) is 2.03. The lowest BCUT2D eigenvalue weighted by molar-refractivity contribution is 0.724. The zero-order chi connectivity index (χ0) is 13.0. The highest BCUT2D eigenvalue weighted by atomic mass is 35.5. The lowest BCUT2D eigenvalue weighted by Gasteiger charge is -2.08. The van der Waals surface area contributed by atoms with Gasteiger partial charge in [-0.3, -0.25) is 4.68 Å². The fourth-order valence-electron chi connectivity index (χ4n) is 1.82. The van der Waals surface area contributed by atoms with Gasteiger partial charge in [-0.05, 0) is 17.7 Å². The van der Waals surface area contributed by atoms with Crippen molar-refractivity contribution in [2.45, 2.75) is 6.42 Å². The highest BCUT2D eigenvalue weighted by molar-refractivity contribution is 6.30. The average Bonchev–Trinajstić information content (AvgIpc) is 2.71. The summed E-state index contributed by atoms with van der Waals surface area (Å²) in [4.78, 5) is 0. The molecule has 1 aromatic carbocycles. The van der Waals surface area contributed by atoms with Gasteiger partial charge in [0.05, 0.1) is 17.6 Å². The zero-order valence-electron chi connectivity index (χ0n) is 10.4. The van der Waals surface area contributed by atoms with Crippen molar-refractivity contribution in [2.75, 3.05) is 18.4 Å². The molecule has 0 bridgehead atoms. The number of hydrogen-bond donors (Lipinski definition) is 2. The molecule has 1 heterocycles. The first-order valence-electron chi connectivity index (χ1n) is 5.90. The Morgan fingerprint density at radius 2 is 2.06 bits per heavy atom. The molecular formula is C13H17ClN4. The normalized spacial score (nSPS) is 10.6. The maximum atomic E-state index is 5.88. The van der Waals surface area contributed by atoms with Crippen molar-refractivity contribution < 1.29 is 0 Å². The number of benzene rings is 1. The Bertz CT molecular complexity index is 504. The Labute approximate surface area is 112 Å². The van der Waals surface area contributed by atoms with E-state index >= 15 is 0 Å². The maximum absolute atomic E-state index is 5.88. The van der Waals surface area contributed by atoms with E-state index in [1.54, 1.807) is 0 Å². The molecule has 2 rings (SSSR count). The molecule has 0 radical (unpaired) electrons. The second kappa shape index (κ2) is 5.89. The molecule has 0 saturated carbocycles. The summed E-state index contributed by atoms with van der Waals surface area (Å²) in [5.74, 6) is 0. The molecule has 0 aliphatic rings. The van der Waals surface area contributed by atoms with Crippen LogP contribution in [-0.2, 0) is 13.5 Å². The largest absolute Gasteiger partial charge is 0.381 e. The molecule has 0 aliphatic carbocycles. The molecular weight excluding hydrogens is 248 g/mol. The quantitative estimate of drug-likeness (QED) is 0.869. The number of anilines is 1. The van der Waals surface area contributed by atoms with Gasteiger partial charge in [-0.2, -0.15) is 5.10 Å². The summed E-state index contributed by atoms with van der Waals surface area (Å²) >= 11 is 5.88. The number of nitrogens with one attached hydrogen (secondary N) is 1. The molecule has 0 amide bonds. The van der Waals surface area contributed by atoms with E-state index in [9.17, 15) is 0 Å². The number of aryl methyl sites for hydroxylation is 1. The second-order valence-corrected chi connectivity index (χ2v) is 4.58. The van der Waals surface area contributed by atoms with E-state index in [4.69, 9.17) is 17.3 Å². The fourth-order valence-corrected chi connectivity index (χ4v) is 1.95. The Kier molecular flexibility index (Phi) is 4.23. The Morgan fingerprint density at radius 1 is 1.33 bits per heavy atom. The van der Waals surface area contributed by atoms with Crippen molar-refractivity contribution in [1.29, 1.82) is 0 Å². The minimum Gasteiger partial charge on any atom is -0.381 e. The van der Waals surface area contributed by atoms with Crippen LogP contribution >= 0.6 is 11.6 Å². The molecule has 5 heteroatoms. The lowest BCUT2D eigenvalue weighted by Crippen LogP contribution is -2.14. The van der Waals surface area contributed by atoms with Gasteiger partial charge in [-0.1, -0.05) is 23.7 Å². The van der Waals surface area contributed by atoms with Crippen molar-refractivity contribution in [3.8, 4) is 0 Å². The molecule has 0 aliphatic heterocycles. The van der Waals surface area contributed by atoms with Crippen LogP contribution in [-0.4, -0.2) is 22.9 Å². The first-order chi connectivity index (χ1) is 8.70. The minimum absolute atomic E-state index is 0.606. The highest BCUT2D eigenvalue weighted by Gasteiger charge is 2.08. The number of halogens is 1. The molecule has 3 N–H and O–H groups in total. The predicted molar refractivity (Wildman–Crippen MR) is 75.0 cm³/mol. The molecule has 2 aromatic rings. The van der Waals surface area contributed by atoms with Gasteiger partial charge in [0.15, 0.2) is 0 Å². The van der Waals surface area contributed by atoms with E-state index in [1.807, 2.05) is 42.2 Å². The third-order valence-corrected chi connectivity index (χ3v) is 3.06. The van der Waals surface area contributed by atoms with Crippen LogP contribution in [0.5, 0.6) is 0 Å². The van der Waals surface area contributed by atoms with Crippen LogP contribution in [0.3, 0.4) is 0 Å². The monoisotopic (exact) mass is 264 g/mol. The Morgan fingerprint density at radius 3 is 2.72 bits per heavy atom. The Balaban J connectivity index is 2.17. The SMILES string of the molecule is Cn1ncc(NCCN)c1Cc1ccc(Cl)cc1. The summed E-state index contributed by atoms with van der Waals surface area (Å²) in [6, 6.07) is 7.87. The zero-order valence-corrected chi connectivity index (χ0v) is 11.1. The van der Waals surface area contributed by atoms with Crippen LogP contribution in [0.1, 0.15) is 11.3 Å². The molecule has 0 saturated heterocycles. The Hall–Kier alpha value is -1.52. The molecule has 1 aromatic heterocycles. The molecule has 4 nitrogen and oxygen atoms in total. The summed E-state index contributed by atoms with van der Waals surface area (Å²) in [6.07, 6.45) is 2.65. The summed E-state index contributed by atoms with van der Waals surface area (Å²) < 4.78 is 1.88. The number of nitrogens with two attached hydrogens (primary N) is 1. The maximum Gasteiger partial charge on any atom is 0.0762 e. The van der Waals surface area contributed by atoms with Crippen molar-refractivity contribution in [3.63, 3.8) is 0 Å². The molecule has 0 atom stereocenters. The third-order valence-electron chi connectivity index (χ3n) is 2.81. The number of rotatable bonds is 5. The van der Waals surface area contributed by atoms with Crippen LogP contribution in [0, 0.1) is 0 Å². The fraction of sp³-hybridized carbons (Fsp3) is 0.308. The summed E-state index contributed by atoms with van der Waals surface area (Å²) in [7, 11) is 1.94. The molecule has 0 fully saturated rings. The van der Waals surface area contributed by atoms with Gasteiger partial charge in [-0.25, -0.2) is 0 Å². The number of hydrogen-bond acceptors (Lipinski definition) is 3. The molecule has 0 unspecified atom stereocenters. The van der Waals surface area contributed by atoms with E-state index in [-0.39, 0.29) is 0 Å². The average molecular weight is 265 g/mol. The van der Waals surface area contributed by atoms with Gasteiger partial charge >= 0.3 is 0 Å². The minimum atomic E-state index is 0.606. The van der Waals surface area contributed by atoms with Crippen molar-refractivity contribution in [1.82, 2.24) is 9.78 Å². The third kappa shape index (κ3) is 3.03. The molecule has 96 valence electrons. The summed E-state index contributed by atoms with van der Waals surface area (Å²) in [5.41, 5.74) is 8.89.